The second kappa shape index (κ2) is 6.05. The first-order chi connectivity index (χ1) is 11.0. The summed E-state index contributed by atoms with van der Waals surface area (Å²) in [6.07, 6.45) is 2.56. The number of rotatable bonds is 5. The minimum absolute atomic E-state index is 0.0380. The molecular formula is C16H21FN2O4. The molecule has 126 valence electrons. The Hall–Kier alpha value is -1.73. The highest BCUT2D eigenvalue weighted by molar-refractivity contribution is 5.78. The van der Waals surface area contributed by atoms with Gasteiger partial charge in [-0.15, -0.1) is 0 Å². The SMILES string of the molecule is O=C(COc1cccc(F)n1)N1C[C@]2(CO)CCC[C@]2(CO)C1. The lowest BCUT2D eigenvalue weighted by Crippen LogP contribution is -2.41. The van der Waals surface area contributed by atoms with Crippen molar-refractivity contribution in [3.63, 3.8) is 0 Å². The fourth-order valence-electron chi connectivity index (χ4n) is 4.04. The number of hydrogen-bond acceptors (Lipinski definition) is 5. The largest absolute Gasteiger partial charge is 0.467 e. The van der Waals surface area contributed by atoms with Gasteiger partial charge in [0.1, 0.15) is 0 Å². The van der Waals surface area contributed by atoms with Crippen LogP contribution >= 0.6 is 0 Å². The van der Waals surface area contributed by atoms with E-state index in [9.17, 15) is 19.4 Å². The van der Waals surface area contributed by atoms with E-state index >= 15 is 0 Å². The van der Waals surface area contributed by atoms with Crippen LogP contribution in [0.15, 0.2) is 18.2 Å². The summed E-state index contributed by atoms with van der Waals surface area (Å²) >= 11 is 0. The van der Waals surface area contributed by atoms with Crippen LogP contribution in [-0.2, 0) is 4.79 Å². The number of ether oxygens (including phenoxy) is 1. The summed E-state index contributed by atoms with van der Waals surface area (Å²) < 4.78 is 18.2. The van der Waals surface area contributed by atoms with Crippen molar-refractivity contribution in [3.8, 4) is 5.88 Å². The zero-order valence-corrected chi connectivity index (χ0v) is 12.9. The predicted octanol–water partition coefficient (Wildman–Crippen LogP) is 0.583. The minimum atomic E-state index is -0.663. The molecule has 0 bridgehead atoms. The van der Waals surface area contributed by atoms with Crippen molar-refractivity contribution in [1.82, 2.24) is 9.88 Å². The van der Waals surface area contributed by atoms with E-state index in [0.29, 0.717) is 13.1 Å². The molecule has 1 aliphatic heterocycles. The number of carbonyl (C=O) groups is 1. The monoisotopic (exact) mass is 324 g/mol. The van der Waals surface area contributed by atoms with Gasteiger partial charge in [0.15, 0.2) is 6.61 Å². The van der Waals surface area contributed by atoms with Crippen LogP contribution in [0.3, 0.4) is 0 Å². The summed E-state index contributed by atoms with van der Waals surface area (Å²) in [5, 5.41) is 19.7. The standard InChI is InChI=1S/C16H21FN2O4/c17-12-3-1-4-13(18-12)23-7-14(22)19-8-15(10-20)5-2-6-16(15,9-19)11-21/h1,3-4,20-21H,2,5-11H2/t15-,16+. The molecule has 2 heterocycles. The number of aromatic nitrogens is 1. The zero-order chi connectivity index (χ0) is 16.5. The van der Waals surface area contributed by atoms with Gasteiger partial charge in [-0.05, 0) is 18.9 Å². The maximum atomic E-state index is 13.0. The summed E-state index contributed by atoms with van der Waals surface area (Å²) in [5.41, 5.74) is -0.844. The molecule has 3 rings (SSSR count). The third kappa shape index (κ3) is 2.68. The summed E-state index contributed by atoms with van der Waals surface area (Å²) in [4.78, 5) is 17.5. The normalized spacial score (nSPS) is 29.6. The Kier molecular flexibility index (Phi) is 4.25. The number of carbonyl (C=O) groups excluding carboxylic acids is 1. The van der Waals surface area contributed by atoms with Crippen LogP contribution in [0.25, 0.3) is 0 Å². The van der Waals surface area contributed by atoms with Crippen molar-refractivity contribution in [3.05, 3.63) is 24.1 Å². The zero-order valence-electron chi connectivity index (χ0n) is 12.9. The van der Waals surface area contributed by atoms with Gasteiger partial charge in [-0.2, -0.15) is 9.37 Å². The molecule has 0 radical (unpaired) electrons. The van der Waals surface area contributed by atoms with Gasteiger partial charge < -0.3 is 19.8 Å². The molecule has 1 saturated carbocycles. The maximum absolute atomic E-state index is 13.0. The maximum Gasteiger partial charge on any atom is 0.260 e. The Morgan fingerprint density at radius 2 is 1.91 bits per heavy atom. The first kappa shape index (κ1) is 16.1. The second-order valence-electron chi connectivity index (χ2n) is 6.57. The number of fused-ring (bicyclic) bond motifs is 1. The Morgan fingerprint density at radius 3 is 2.48 bits per heavy atom. The molecule has 0 spiro atoms. The van der Waals surface area contributed by atoms with Crippen LogP contribution in [0.5, 0.6) is 5.88 Å². The van der Waals surface area contributed by atoms with Crippen LogP contribution in [0, 0.1) is 16.8 Å². The first-order valence-electron chi connectivity index (χ1n) is 7.79. The summed E-state index contributed by atoms with van der Waals surface area (Å²) in [6, 6.07) is 4.15. The molecule has 2 aliphatic rings. The van der Waals surface area contributed by atoms with Crippen molar-refractivity contribution in [2.45, 2.75) is 19.3 Å². The fourth-order valence-corrected chi connectivity index (χ4v) is 4.04. The highest BCUT2D eigenvalue weighted by atomic mass is 19.1. The number of likely N-dealkylation sites (tertiary alicyclic amines) is 1. The van der Waals surface area contributed by atoms with Crippen LogP contribution in [0.1, 0.15) is 19.3 Å². The summed E-state index contributed by atoms with van der Waals surface area (Å²) in [5.74, 6) is -0.846. The Labute approximate surface area is 133 Å². The van der Waals surface area contributed by atoms with Gasteiger partial charge in [0.2, 0.25) is 11.8 Å². The molecule has 1 aliphatic carbocycles. The topological polar surface area (TPSA) is 82.9 Å². The highest BCUT2D eigenvalue weighted by Crippen LogP contribution is 2.57. The van der Waals surface area contributed by atoms with Gasteiger partial charge in [0.25, 0.3) is 5.91 Å². The van der Waals surface area contributed by atoms with E-state index in [1.807, 2.05) is 0 Å². The van der Waals surface area contributed by atoms with E-state index in [1.165, 1.54) is 18.2 Å². The Balaban J connectivity index is 1.65. The highest BCUT2D eigenvalue weighted by Gasteiger charge is 2.60. The molecule has 1 aromatic rings. The van der Waals surface area contributed by atoms with E-state index in [-0.39, 0.29) is 31.6 Å². The summed E-state index contributed by atoms with van der Waals surface area (Å²) in [7, 11) is 0. The number of pyridine rings is 1. The van der Waals surface area contributed by atoms with E-state index in [4.69, 9.17) is 4.74 Å². The summed E-state index contributed by atoms with van der Waals surface area (Å²) in [6.45, 7) is 0.526. The third-order valence-corrected chi connectivity index (χ3v) is 5.41. The molecule has 2 atom stereocenters. The molecule has 6 nitrogen and oxygen atoms in total. The predicted molar refractivity (Wildman–Crippen MR) is 79.2 cm³/mol. The molecule has 23 heavy (non-hydrogen) atoms. The molecule has 1 amide bonds. The van der Waals surface area contributed by atoms with Gasteiger partial charge in [-0.25, -0.2) is 0 Å². The lowest BCUT2D eigenvalue weighted by molar-refractivity contribution is -0.133. The van der Waals surface area contributed by atoms with Crippen molar-refractivity contribution >= 4 is 5.91 Å². The Bertz CT molecular complexity index is 579. The Morgan fingerprint density at radius 1 is 1.26 bits per heavy atom. The number of halogens is 1. The van der Waals surface area contributed by atoms with Gasteiger partial charge in [-0.3, -0.25) is 4.79 Å². The molecule has 7 heteroatoms. The number of amides is 1. The van der Waals surface area contributed by atoms with Gasteiger partial charge in [0.05, 0.1) is 13.2 Å². The van der Waals surface area contributed by atoms with Crippen LogP contribution in [0.4, 0.5) is 4.39 Å². The molecule has 2 fully saturated rings. The molecule has 0 unspecified atom stereocenters. The van der Waals surface area contributed by atoms with Gasteiger partial charge >= 0.3 is 0 Å². The van der Waals surface area contributed by atoms with Gasteiger partial charge in [-0.1, -0.05) is 12.5 Å². The lowest BCUT2D eigenvalue weighted by atomic mass is 9.69. The van der Waals surface area contributed by atoms with Crippen LogP contribution in [0.2, 0.25) is 0 Å². The van der Waals surface area contributed by atoms with Crippen molar-refractivity contribution in [2.24, 2.45) is 10.8 Å². The van der Waals surface area contributed by atoms with Crippen molar-refractivity contribution < 1.29 is 24.1 Å². The van der Waals surface area contributed by atoms with E-state index in [1.54, 1.807) is 4.90 Å². The first-order valence-corrected chi connectivity index (χ1v) is 7.79. The second-order valence-corrected chi connectivity index (χ2v) is 6.57. The third-order valence-electron chi connectivity index (χ3n) is 5.41. The molecule has 1 aromatic heterocycles. The molecular weight excluding hydrogens is 303 g/mol. The molecule has 0 aromatic carbocycles. The average molecular weight is 324 g/mol. The fraction of sp³-hybridized carbons (Fsp3) is 0.625. The van der Waals surface area contributed by atoms with Crippen molar-refractivity contribution in [1.29, 1.82) is 0 Å². The average Bonchev–Trinajstić information content (AvgIpc) is 3.05. The number of hydrogen-bond donors (Lipinski definition) is 2. The van der Waals surface area contributed by atoms with Crippen LogP contribution < -0.4 is 4.74 Å². The quantitative estimate of drug-likeness (QED) is 0.774. The van der Waals surface area contributed by atoms with E-state index < -0.39 is 16.8 Å². The molecule has 1 saturated heterocycles. The number of nitrogens with zero attached hydrogens (tertiary/aromatic N) is 2. The minimum Gasteiger partial charge on any atom is -0.467 e. The molecule has 2 N–H and O–H groups in total. The van der Waals surface area contributed by atoms with E-state index in [0.717, 1.165) is 19.3 Å². The lowest BCUT2D eigenvalue weighted by Gasteiger charge is -2.36. The van der Waals surface area contributed by atoms with Crippen molar-refractivity contribution in [2.75, 3.05) is 32.9 Å². The smallest absolute Gasteiger partial charge is 0.260 e. The number of aliphatic hydroxyl groups is 2. The van der Waals surface area contributed by atoms with Crippen LogP contribution in [-0.4, -0.2) is 58.9 Å². The number of aliphatic hydroxyl groups excluding tert-OH is 2. The van der Waals surface area contributed by atoms with E-state index in [2.05, 4.69) is 4.98 Å². The van der Waals surface area contributed by atoms with Gasteiger partial charge in [0, 0.05) is 30.0 Å².